The molecule has 0 aliphatic carbocycles. The molecular formula is C62H74N7O17PSi. The van der Waals surface area contributed by atoms with E-state index in [2.05, 4.69) is 25.3 Å². The first kappa shape index (κ1) is 64.6. The molecule has 0 spiro atoms. The average Bonchev–Trinajstić information content (AvgIpc) is 1.71. The van der Waals surface area contributed by atoms with Gasteiger partial charge in [-0.05, 0) is 71.9 Å². The van der Waals surface area contributed by atoms with E-state index in [1.807, 2.05) is 119 Å². The smallest absolute Gasteiger partial charge is 0.330 e. The molecule has 7 aromatic rings. The number of aromatic amines is 2. The monoisotopic (exact) mass is 1250 g/mol. The number of esters is 2. The molecule has 468 valence electrons. The Hall–Kier alpha value is -7.87. The first-order valence-electron chi connectivity index (χ1n) is 29.0. The number of hydrogen-bond acceptors (Lipinski definition) is 18. The molecule has 0 bridgehead atoms. The molecule has 26 heteroatoms. The zero-order valence-corrected chi connectivity index (χ0v) is 52.1. The van der Waals surface area contributed by atoms with Crippen LogP contribution in [0.15, 0.2) is 148 Å². The van der Waals surface area contributed by atoms with E-state index in [1.54, 1.807) is 51.3 Å². The van der Waals surface area contributed by atoms with Gasteiger partial charge in [-0.3, -0.25) is 53.0 Å². The molecule has 3 aromatic heterocycles. The molecule has 9 atom stereocenters. The molecular weight excluding hydrogens is 1170 g/mol. The van der Waals surface area contributed by atoms with Crippen LogP contribution in [0, 0.1) is 5.92 Å². The van der Waals surface area contributed by atoms with E-state index in [4.69, 9.17) is 42.1 Å². The quantitative estimate of drug-likeness (QED) is 0.0172. The largest absolute Gasteiger partial charge is 0.497 e. The maximum Gasteiger partial charge on any atom is 0.330 e. The van der Waals surface area contributed by atoms with E-state index in [9.17, 15) is 33.7 Å². The third kappa shape index (κ3) is 14.6. The highest BCUT2D eigenvalue weighted by Gasteiger charge is 2.56. The predicted molar refractivity (Wildman–Crippen MR) is 325 cm³/mol. The molecule has 2 saturated heterocycles. The summed E-state index contributed by atoms with van der Waals surface area (Å²) in [5.41, 5.74) is -1.81. The fourth-order valence-corrected chi connectivity index (χ4v) is 13.3. The first-order valence-corrected chi connectivity index (χ1v) is 33.7. The Morgan fingerprint density at radius 3 is 1.90 bits per heavy atom. The summed E-state index contributed by atoms with van der Waals surface area (Å²) in [6.07, 6.45) is -7.14. The van der Waals surface area contributed by atoms with Gasteiger partial charge in [-0.2, -0.15) is 4.98 Å². The number of nitrogens with one attached hydrogen (secondary N) is 3. The second-order valence-corrected chi connectivity index (χ2v) is 29.7. The van der Waals surface area contributed by atoms with Gasteiger partial charge in [-0.1, -0.05) is 126 Å². The van der Waals surface area contributed by atoms with Crippen molar-refractivity contribution in [2.75, 3.05) is 38.4 Å². The second kappa shape index (κ2) is 27.7. The number of rotatable bonds is 26. The summed E-state index contributed by atoms with van der Waals surface area (Å²) in [4.78, 5) is 106. The summed E-state index contributed by atoms with van der Waals surface area (Å²) in [7, 11) is -6.34. The highest BCUT2D eigenvalue weighted by Crippen LogP contribution is 2.53. The van der Waals surface area contributed by atoms with Crippen LogP contribution in [0.4, 0.5) is 5.95 Å². The molecule has 0 saturated carbocycles. The van der Waals surface area contributed by atoms with Crippen LogP contribution in [-0.4, -0.2) is 124 Å². The number of anilines is 1. The lowest BCUT2D eigenvalue weighted by Gasteiger charge is -2.41. The van der Waals surface area contributed by atoms with E-state index < -0.39 is 129 Å². The molecule has 1 unspecified atom stereocenters. The van der Waals surface area contributed by atoms with Gasteiger partial charge in [0.05, 0.1) is 45.0 Å². The Bertz CT molecular complexity index is 3730. The first-order chi connectivity index (χ1) is 42.0. The van der Waals surface area contributed by atoms with Crippen LogP contribution in [-0.2, 0) is 57.2 Å². The normalized spacial score (nSPS) is 21.1. The maximum atomic E-state index is 15.3. The summed E-state index contributed by atoms with van der Waals surface area (Å²) in [5.74, 6) is -2.48. The summed E-state index contributed by atoms with van der Waals surface area (Å²) in [5, 5.41) is 2.06. The Balaban J connectivity index is 1.09. The minimum Gasteiger partial charge on any atom is -0.497 e. The summed E-state index contributed by atoms with van der Waals surface area (Å²) < 4.78 is 75.2. The highest BCUT2D eigenvalue weighted by atomic mass is 31.2. The fraction of sp³-hybridized carbons (Fsp3) is 0.419. The van der Waals surface area contributed by atoms with Crippen molar-refractivity contribution in [3.05, 3.63) is 182 Å². The lowest BCUT2D eigenvalue weighted by molar-refractivity contribution is -0.168. The van der Waals surface area contributed by atoms with Crippen LogP contribution in [0.2, 0.25) is 18.1 Å². The molecule has 88 heavy (non-hydrogen) atoms. The number of fused-ring (bicyclic) bond motifs is 1. The van der Waals surface area contributed by atoms with Crippen LogP contribution < -0.4 is 31.6 Å². The SMILES string of the molecule is CCCC(=O)O[C@@H]1[C@H](OC(=O)CCC)[C@@H](COP(=O)(O)C[C@H]2[C@@H](O[Si](C)(C)C(C)(C)C)[C@H](n3ccc(=O)[nH]c3=O)O[C@@H]2COC(c2ccccc2)(c2ccccc2)c2ccc(OC)cc2)O[C@H]1n1cnc2c(=O)[nH]c(NC(=O)COc3ccccc3)nc21. The van der Waals surface area contributed by atoms with E-state index >= 15 is 4.57 Å². The number of ether oxygens (including phenoxy) is 7. The lowest BCUT2D eigenvalue weighted by Crippen LogP contribution is -2.49. The summed E-state index contributed by atoms with van der Waals surface area (Å²) in [6, 6.07) is 36.2. The molecule has 2 aliphatic rings. The summed E-state index contributed by atoms with van der Waals surface area (Å²) >= 11 is 0. The fourth-order valence-electron chi connectivity index (χ4n) is 10.5. The maximum absolute atomic E-state index is 15.3. The average molecular weight is 1250 g/mol. The Morgan fingerprint density at radius 2 is 1.31 bits per heavy atom. The third-order valence-electron chi connectivity index (χ3n) is 15.9. The number of benzene rings is 4. The molecule has 2 aliphatic heterocycles. The topological polar surface area (TPSA) is 302 Å². The van der Waals surface area contributed by atoms with Crippen LogP contribution in [0.5, 0.6) is 11.5 Å². The second-order valence-electron chi connectivity index (χ2n) is 23.0. The molecule has 1 amide bonds. The number of hydrogen-bond donors (Lipinski definition) is 4. The summed E-state index contributed by atoms with van der Waals surface area (Å²) in [6.45, 7) is 12.1. The van der Waals surface area contributed by atoms with Gasteiger partial charge in [0, 0.05) is 31.0 Å². The highest BCUT2D eigenvalue weighted by molar-refractivity contribution is 7.52. The number of methoxy groups -OCH3 is 1. The Kier molecular flexibility index (Phi) is 20.3. The van der Waals surface area contributed by atoms with Crippen LogP contribution in [0.3, 0.4) is 0 Å². The standard InChI is InChI=1S/C62H74N7O17PSi/c1-9-20-49(72)84-53-46(83-58(54(53)85-50(73)21-10-2)69-38-63-51-55(69)66-59(67-56(51)74)64-48(71)36-79-43-26-18-13-19-27-43)35-81-87(76,77)37-44-45(82-57(68-33-32-47(70)65-60(68)75)52(44)86-88(7,8)61(3,4)5)34-80-62(39-22-14-11-15-23-39,40-24-16-12-17-25-40)41-28-30-42(78-6)31-29-41/h11-19,22-33,38,44-46,52-54,57-58H,9-10,20-21,34-37H2,1-8H3,(H,76,77)(H,65,70,75)(H2,64,66,67,71,74)/t44-,45-,46-,52-,53-,54-,57-,58-/m1/s1. The number of amides is 1. The van der Waals surface area contributed by atoms with Crippen LogP contribution >= 0.6 is 7.60 Å². The van der Waals surface area contributed by atoms with Crippen molar-refractivity contribution in [3.8, 4) is 11.5 Å². The number of H-pyrrole nitrogens is 2. The number of aromatic nitrogens is 6. The van der Waals surface area contributed by atoms with Gasteiger partial charge in [0.1, 0.15) is 23.2 Å². The minimum absolute atomic E-state index is 0.0633. The van der Waals surface area contributed by atoms with E-state index in [-0.39, 0.29) is 36.6 Å². The van der Waals surface area contributed by atoms with Crippen molar-refractivity contribution in [2.24, 2.45) is 5.92 Å². The number of carbonyl (C=O) groups excluding carboxylic acids is 3. The van der Waals surface area contributed by atoms with Crippen molar-refractivity contribution < 1.29 is 65.9 Å². The van der Waals surface area contributed by atoms with E-state index in [0.717, 1.165) is 11.1 Å². The molecule has 0 radical (unpaired) electrons. The zero-order valence-electron chi connectivity index (χ0n) is 50.2. The van der Waals surface area contributed by atoms with Crippen molar-refractivity contribution in [3.63, 3.8) is 0 Å². The van der Waals surface area contributed by atoms with Gasteiger partial charge in [0.15, 0.2) is 50.8 Å². The van der Waals surface area contributed by atoms with Gasteiger partial charge < -0.3 is 47.0 Å². The lowest BCUT2D eigenvalue weighted by atomic mass is 9.80. The van der Waals surface area contributed by atoms with Crippen molar-refractivity contribution in [1.29, 1.82) is 0 Å². The number of imidazole rings is 1. The van der Waals surface area contributed by atoms with Gasteiger partial charge in [-0.15, -0.1) is 0 Å². The molecule has 2 fully saturated rings. The van der Waals surface area contributed by atoms with Crippen molar-refractivity contribution >= 4 is 50.9 Å². The third-order valence-corrected chi connectivity index (χ3v) is 21.8. The molecule has 4 aromatic carbocycles. The molecule has 4 N–H and O–H groups in total. The van der Waals surface area contributed by atoms with Gasteiger partial charge in [-0.25, -0.2) is 9.78 Å². The van der Waals surface area contributed by atoms with Crippen molar-refractivity contribution in [2.45, 2.75) is 127 Å². The van der Waals surface area contributed by atoms with Crippen LogP contribution in [0.25, 0.3) is 11.2 Å². The van der Waals surface area contributed by atoms with Crippen LogP contribution in [0.1, 0.15) is 89.4 Å². The van der Waals surface area contributed by atoms with Gasteiger partial charge in [0.25, 0.3) is 17.0 Å². The molecule has 24 nitrogen and oxygen atoms in total. The molecule has 5 heterocycles. The minimum atomic E-state index is -4.98. The zero-order chi connectivity index (χ0) is 63.0. The number of nitrogens with zero attached hydrogens (tertiary/aromatic N) is 4. The van der Waals surface area contributed by atoms with E-state index in [1.165, 1.54) is 27.7 Å². The van der Waals surface area contributed by atoms with Gasteiger partial charge in [0.2, 0.25) is 5.95 Å². The van der Waals surface area contributed by atoms with Gasteiger partial charge >= 0.3 is 25.2 Å². The van der Waals surface area contributed by atoms with Crippen molar-refractivity contribution in [1.82, 2.24) is 29.1 Å². The predicted octanol–water partition coefficient (Wildman–Crippen LogP) is 8.13. The Labute approximate surface area is 508 Å². The number of carbonyl (C=O) groups is 3. The number of para-hydroxylation sites is 1. The van der Waals surface area contributed by atoms with E-state index in [0.29, 0.717) is 29.9 Å². The molecule has 9 rings (SSSR count). The Morgan fingerprint density at radius 1 is 0.727 bits per heavy atom.